The van der Waals surface area contributed by atoms with E-state index in [0.717, 1.165) is 19.6 Å². The number of hydrogen-bond donors (Lipinski definition) is 1. The first-order valence-corrected chi connectivity index (χ1v) is 8.02. The zero-order chi connectivity index (χ0) is 14.9. The first-order chi connectivity index (χ1) is 9.40. The normalized spacial score (nSPS) is 20.9. The average molecular weight is 274 g/mol. The zero-order valence-corrected chi connectivity index (χ0v) is 14.0. The third kappa shape index (κ3) is 2.71. The largest absolute Gasteiger partial charge is 0.366 e. The Balaban J connectivity index is 2.46. The third-order valence-electron chi connectivity index (χ3n) is 4.73. The maximum absolute atomic E-state index is 3.45. The molecular weight excluding hydrogens is 244 g/mol. The number of benzene rings is 1. The number of nitrogens with zero attached hydrogens (tertiary/aromatic N) is 1. The van der Waals surface area contributed by atoms with Gasteiger partial charge in [0.2, 0.25) is 0 Å². The molecule has 20 heavy (non-hydrogen) atoms. The molecule has 0 radical (unpaired) electrons. The summed E-state index contributed by atoms with van der Waals surface area (Å²) in [5, 5.41) is 3.45. The Morgan fingerprint density at radius 1 is 1.30 bits per heavy atom. The van der Waals surface area contributed by atoms with Crippen LogP contribution in [0.25, 0.3) is 0 Å². The molecule has 0 aliphatic carbocycles. The fourth-order valence-electron chi connectivity index (χ4n) is 3.73. The molecule has 0 amide bonds. The van der Waals surface area contributed by atoms with Gasteiger partial charge in [-0.2, -0.15) is 0 Å². The van der Waals surface area contributed by atoms with Crippen molar-refractivity contribution in [3.8, 4) is 0 Å². The number of nitrogens with one attached hydrogen (secondary N) is 1. The maximum Gasteiger partial charge on any atom is 0.0408 e. The van der Waals surface area contributed by atoms with Crippen molar-refractivity contribution in [3.05, 3.63) is 28.8 Å². The van der Waals surface area contributed by atoms with Gasteiger partial charge in [0.05, 0.1) is 0 Å². The van der Waals surface area contributed by atoms with E-state index in [9.17, 15) is 0 Å². The van der Waals surface area contributed by atoms with E-state index in [0.29, 0.717) is 5.92 Å². The highest BCUT2D eigenvalue weighted by Gasteiger charge is 2.35. The summed E-state index contributed by atoms with van der Waals surface area (Å²) < 4.78 is 0. The lowest BCUT2D eigenvalue weighted by Crippen LogP contribution is -2.48. The van der Waals surface area contributed by atoms with Crippen LogP contribution in [0.15, 0.2) is 12.1 Å². The minimum absolute atomic E-state index is 0.261. The Labute approximate surface area is 124 Å². The molecule has 0 fully saturated rings. The lowest BCUT2D eigenvalue weighted by Gasteiger charge is -2.47. The molecular formula is C18H30N2. The lowest BCUT2D eigenvalue weighted by atomic mass is 9.79. The van der Waals surface area contributed by atoms with E-state index in [2.05, 4.69) is 63.9 Å². The highest BCUT2D eigenvalue weighted by Crippen LogP contribution is 2.44. The van der Waals surface area contributed by atoms with Crippen molar-refractivity contribution in [3.63, 3.8) is 0 Å². The van der Waals surface area contributed by atoms with Crippen LogP contribution in [0.1, 0.15) is 63.6 Å². The fourth-order valence-corrected chi connectivity index (χ4v) is 3.73. The fraction of sp³-hybridized carbons (Fsp3) is 0.667. The first kappa shape index (κ1) is 15.4. The molecule has 2 heteroatoms. The van der Waals surface area contributed by atoms with Crippen LogP contribution in [-0.2, 0) is 6.54 Å². The molecule has 0 aromatic heterocycles. The van der Waals surface area contributed by atoms with Gasteiger partial charge in [0, 0.05) is 24.3 Å². The van der Waals surface area contributed by atoms with Crippen LogP contribution in [-0.4, -0.2) is 18.6 Å². The van der Waals surface area contributed by atoms with E-state index in [1.165, 1.54) is 28.8 Å². The summed E-state index contributed by atoms with van der Waals surface area (Å²) in [5.74, 6) is 0.642. The van der Waals surface area contributed by atoms with Crippen molar-refractivity contribution < 1.29 is 0 Å². The van der Waals surface area contributed by atoms with Crippen LogP contribution in [0.2, 0.25) is 0 Å². The van der Waals surface area contributed by atoms with Crippen molar-refractivity contribution in [2.75, 3.05) is 18.0 Å². The Hall–Kier alpha value is -1.02. The van der Waals surface area contributed by atoms with Crippen LogP contribution in [0, 0.1) is 6.92 Å². The standard InChI is InChI=1S/C18H30N2/c1-7-19-12-15-10-16-14(4)11-18(5,6)20(8-2)17(16)9-13(15)3/h9-10,14,19H,7-8,11-12H2,1-6H3/t14-/m0/s1. The van der Waals surface area contributed by atoms with Gasteiger partial charge in [0.25, 0.3) is 0 Å². The van der Waals surface area contributed by atoms with E-state index < -0.39 is 0 Å². The highest BCUT2D eigenvalue weighted by molar-refractivity contribution is 5.62. The van der Waals surface area contributed by atoms with Gasteiger partial charge in [-0.15, -0.1) is 0 Å². The van der Waals surface area contributed by atoms with Crippen molar-refractivity contribution in [2.24, 2.45) is 0 Å². The molecule has 2 rings (SSSR count). The predicted molar refractivity (Wildman–Crippen MR) is 88.7 cm³/mol. The summed E-state index contributed by atoms with van der Waals surface area (Å²) >= 11 is 0. The minimum atomic E-state index is 0.261. The van der Waals surface area contributed by atoms with E-state index in [1.54, 1.807) is 0 Å². The third-order valence-corrected chi connectivity index (χ3v) is 4.73. The van der Waals surface area contributed by atoms with Crippen LogP contribution < -0.4 is 10.2 Å². The molecule has 1 aromatic rings. The molecule has 2 nitrogen and oxygen atoms in total. The number of fused-ring (bicyclic) bond motifs is 1. The molecule has 1 heterocycles. The number of rotatable bonds is 4. The molecule has 1 atom stereocenters. The van der Waals surface area contributed by atoms with Gasteiger partial charge in [0.1, 0.15) is 0 Å². The quantitative estimate of drug-likeness (QED) is 0.884. The molecule has 0 saturated heterocycles. The summed E-state index contributed by atoms with van der Waals surface area (Å²) in [6.45, 7) is 16.9. The molecule has 0 saturated carbocycles. The maximum atomic E-state index is 3.45. The molecule has 1 N–H and O–H groups in total. The van der Waals surface area contributed by atoms with Gasteiger partial charge in [0.15, 0.2) is 0 Å². The Morgan fingerprint density at radius 3 is 2.60 bits per heavy atom. The summed E-state index contributed by atoms with van der Waals surface area (Å²) in [4.78, 5) is 2.58. The topological polar surface area (TPSA) is 15.3 Å². The van der Waals surface area contributed by atoms with E-state index in [4.69, 9.17) is 0 Å². The number of anilines is 1. The van der Waals surface area contributed by atoms with Crippen LogP contribution in [0.3, 0.4) is 0 Å². The second-order valence-corrected chi connectivity index (χ2v) is 6.78. The minimum Gasteiger partial charge on any atom is -0.366 e. The highest BCUT2D eigenvalue weighted by atomic mass is 15.2. The number of hydrogen-bond acceptors (Lipinski definition) is 2. The molecule has 1 aliphatic rings. The second kappa shape index (κ2) is 5.77. The summed E-state index contributed by atoms with van der Waals surface area (Å²) in [5.41, 5.74) is 6.11. The smallest absolute Gasteiger partial charge is 0.0408 e. The summed E-state index contributed by atoms with van der Waals surface area (Å²) in [6.07, 6.45) is 1.23. The van der Waals surface area contributed by atoms with Crippen LogP contribution >= 0.6 is 0 Å². The van der Waals surface area contributed by atoms with Gasteiger partial charge in [-0.25, -0.2) is 0 Å². The van der Waals surface area contributed by atoms with E-state index in [-0.39, 0.29) is 5.54 Å². The molecule has 1 aliphatic heterocycles. The van der Waals surface area contributed by atoms with Crippen molar-refractivity contribution >= 4 is 5.69 Å². The Bertz CT molecular complexity index is 477. The molecule has 1 aromatic carbocycles. The van der Waals surface area contributed by atoms with Crippen molar-refractivity contribution in [1.29, 1.82) is 0 Å². The van der Waals surface area contributed by atoms with Crippen LogP contribution in [0.4, 0.5) is 5.69 Å². The van der Waals surface area contributed by atoms with Crippen LogP contribution in [0.5, 0.6) is 0 Å². The number of aryl methyl sites for hydroxylation is 1. The molecule has 0 spiro atoms. The zero-order valence-electron chi connectivity index (χ0n) is 14.0. The SMILES string of the molecule is CCNCc1cc2c(cc1C)N(CC)C(C)(C)C[C@@H]2C. The molecule has 0 unspecified atom stereocenters. The predicted octanol–water partition coefficient (Wildman–Crippen LogP) is 4.22. The van der Waals surface area contributed by atoms with Gasteiger partial charge in [-0.05, 0) is 69.3 Å². The van der Waals surface area contributed by atoms with Gasteiger partial charge in [-0.3, -0.25) is 0 Å². The lowest BCUT2D eigenvalue weighted by molar-refractivity contribution is 0.381. The van der Waals surface area contributed by atoms with Crippen molar-refractivity contribution in [1.82, 2.24) is 5.32 Å². The molecule has 112 valence electrons. The van der Waals surface area contributed by atoms with Gasteiger partial charge >= 0.3 is 0 Å². The second-order valence-electron chi connectivity index (χ2n) is 6.78. The Kier molecular flexibility index (Phi) is 4.43. The monoisotopic (exact) mass is 274 g/mol. The summed E-state index contributed by atoms with van der Waals surface area (Å²) in [6, 6.07) is 4.85. The van der Waals surface area contributed by atoms with Gasteiger partial charge < -0.3 is 10.2 Å². The van der Waals surface area contributed by atoms with E-state index >= 15 is 0 Å². The van der Waals surface area contributed by atoms with E-state index in [1.807, 2.05) is 0 Å². The van der Waals surface area contributed by atoms with Crippen molar-refractivity contribution in [2.45, 2.75) is 66.0 Å². The average Bonchev–Trinajstić information content (AvgIpc) is 2.36. The molecule has 0 bridgehead atoms. The van der Waals surface area contributed by atoms with Gasteiger partial charge in [-0.1, -0.05) is 19.9 Å². The Morgan fingerprint density at radius 2 is 2.00 bits per heavy atom. The summed E-state index contributed by atoms with van der Waals surface area (Å²) in [7, 11) is 0. The first-order valence-electron chi connectivity index (χ1n) is 8.02.